The molecule has 0 radical (unpaired) electrons. The molecule has 3 aliphatic rings. The molecule has 0 aliphatic carbocycles. The van der Waals surface area contributed by atoms with Crippen LogP contribution in [-0.2, 0) is 11.2 Å². The highest BCUT2D eigenvalue weighted by molar-refractivity contribution is 8.00. The molecule has 0 spiro atoms. The number of likely N-dealkylation sites (tertiary alicyclic amines) is 1. The van der Waals surface area contributed by atoms with E-state index in [2.05, 4.69) is 41.3 Å². The average Bonchev–Trinajstić information content (AvgIpc) is 3.20. The Hall–Kier alpha value is -0.650. The topological polar surface area (TPSA) is 33.5 Å². The molecule has 1 aromatic carbocycles. The smallest absolute Gasteiger partial charge is 0.221 e. The molecule has 0 aromatic heterocycles. The number of hydrogen-bond donors (Lipinski definition) is 2. The average molecular weight is 336 g/mol. The van der Waals surface area contributed by atoms with Crippen LogP contribution in [0.3, 0.4) is 0 Å². The maximum atomic E-state index is 12.1. The fraction of sp³-hybridized carbons (Fsp3) is 0.588. The summed E-state index contributed by atoms with van der Waals surface area (Å²) in [5.74, 6) is 1.56. The van der Waals surface area contributed by atoms with Gasteiger partial charge in [0, 0.05) is 36.3 Å². The quantitative estimate of drug-likeness (QED) is 0.852. The predicted octanol–water partition coefficient (Wildman–Crippen LogP) is 1.33. The van der Waals surface area contributed by atoms with Gasteiger partial charge in [-0.2, -0.15) is 0 Å². The lowest BCUT2D eigenvalue weighted by atomic mass is 10.1. The number of amides is 1. The van der Waals surface area contributed by atoms with Crippen molar-refractivity contribution in [3.05, 3.63) is 29.8 Å². The van der Waals surface area contributed by atoms with E-state index < -0.39 is 0 Å². The van der Waals surface area contributed by atoms with Crippen LogP contribution in [0.25, 0.3) is 0 Å². The Balaban J connectivity index is 1.18. The number of benzene rings is 1. The molecule has 3 nitrogen and oxygen atoms in total. The van der Waals surface area contributed by atoms with Gasteiger partial charge in [-0.05, 0) is 11.6 Å². The number of thioether (sulfide) groups is 2. The summed E-state index contributed by atoms with van der Waals surface area (Å²) in [6, 6.07) is 9.33. The van der Waals surface area contributed by atoms with Gasteiger partial charge in [-0.25, -0.2) is 0 Å². The van der Waals surface area contributed by atoms with Crippen LogP contribution >= 0.6 is 23.5 Å². The molecule has 4 unspecified atom stereocenters. The first-order valence-electron chi connectivity index (χ1n) is 8.28. The van der Waals surface area contributed by atoms with Crippen LogP contribution in [-0.4, -0.2) is 41.4 Å². The highest BCUT2D eigenvalue weighted by atomic mass is 32.2. The second kappa shape index (κ2) is 6.46. The second-order valence-corrected chi connectivity index (χ2v) is 9.17. The third-order valence-corrected chi connectivity index (χ3v) is 7.67. The normalized spacial score (nSPS) is 32.2. The van der Waals surface area contributed by atoms with E-state index in [0.717, 1.165) is 24.1 Å². The lowest BCUT2D eigenvalue weighted by Crippen LogP contribution is -3.15. The molecule has 2 saturated heterocycles. The van der Waals surface area contributed by atoms with Crippen LogP contribution in [0.5, 0.6) is 0 Å². The van der Waals surface area contributed by atoms with E-state index in [1.807, 2.05) is 0 Å². The molecule has 2 N–H and O–H groups in total. The molecule has 1 aromatic rings. The molecule has 22 heavy (non-hydrogen) atoms. The predicted molar refractivity (Wildman–Crippen MR) is 92.5 cm³/mol. The highest BCUT2D eigenvalue weighted by Crippen LogP contribution is 2.35. The molecule has 4 atom stereocenters. The first kappa shape index (κ1) is 14.9. The molecule has 3 aliphatic heterocycles. The monoisotopic (exact) mass is 335 g/mol. The van der Waals surface area contributed by atoms with Gasteiger partial charge >= 0.3 is 0 Å². The van der Waals surface area contributed by atoms with E-state index in [4.69, 9.17) is 0 Å². The molecule has 118 valence electrons. The zero-order chi connectivity index (χ0) is 14.9. The van der Waals surface area contributed by atoms with Gasteiger partial charge in [0.2, 0.25) is 5.91 Å². The van der Waals surface area contributed by atoms with Crippen molar-refractivity contribution in [2.24, 2.45) is 0 Å². The number of quaternary nitrogens is 1. The summed E-state index contributed by atoms with van der Waals surface area (Å²) in [5, 5.41) is 4.33. The Kier molecular flexibility index (Phi) is 4.38. The van der Waals surface area contributed by atoms with Crippen molar-refractivity contribution in [3.63, 3.8) is 0 Å². The summed E-state index contributed by atoms with van der Waals surface area (Å²) in [7, 11) is 0. The van der Waals surface area contributed by atoms with Gasteiger partial charge < -0.3 is 10.2 Å². The van der Waals surface area contributed by atoms with E-state index in [1.165, 1.54) is 35.7 Å². The van der Waals surface area contributed by atoms with Gasteiger partial charge in [0.25, 0.3) is 0 Å². The Bertz CT molecular complexity index is 540. The van der Waals surface area contributed by atoms with Crippen molar-refractivity contribution in [3.8, 4) is 0 Å². The Morgan fingerprint density at radius 3 is 3.05 bits per heavy atom. The SMILES string of the molecule is O=C(CCC[NH+]1CC2CC1CS2)NC1Cc2ccccc2S1. The molecule has 2 fully saturated rings. The summed E-state index contributed by atoms with van der Waals surface area (Å²) in [6.07, 6.45) is 4.08. The van der Waals surface area contributed by atoms with Crippen molar-refractivity contribution in [2.75, 3.05) is 18.8 Å². The minimum absolute atomic E-state index is 0.225. The zero-order valence-corrected chi connectivity index (χ0v) is 14.3. The van der Waals surface area contributed by atoms with Gasteiger partial charge in [-0.1, -0.05) is 18.2 Å². The Morgan fingerprint density at radius 1 is 1.36 bits per heavy atom. The molecule has 2 bridgehead atoms. The van der Waals surface area contributed by atoms with Gasteiger partial charge in [-0.3, -0.25) is 4.79 Å². The minimum Gasteiger partial charge on any atom is -0.344 e. The maximum absolute atomic E-state index is 12.1. The first-order valence-corrected chi connectivity index (χ1v) is 10.2. The fourth-order valence-electron chi connectivity index (χ4n) is 3.89. The summed E-state index contributed by atoms with van der Waals surface area (Å²) < 4.78 is 0. The third kappa shape index (κ3) is 3.17. The number of hydrogen-bond acceptors (Lipinski definition) is 3. The van der Waals surface area contributed by atoms with Crippen LogP contribution in [0, 0.1) is 0 Å². The summed E-state index contributed by atoms with van der Waals surface area (Å²) >= 11 is 3.94. The zero-order valence-electron chi connectivity index (χ0n) is 12.7. The number of rotatable bonds is 5. The van der Waals surface area contributed by atoms with Crippen molar-refractivity contribution in [1.82, 2.24) is 5.32 Å². The second-order valence-electron chi connectivity index (χ2n) is 6.59. The molecule has 5 heteroatoms. The molecule has 1 amide bonds. The standard InChI is InChI=1S/C17H22N2OS2/c20-16(6-3-7-19-10-14-9-13(19)11-21-14)18-17-8-12-4-1-2-5-15(12)22-17/h1-2,4-5,13-14,17H,3,6-11H2,(H,18,20)/p+1. The molecular weight excluding hydrogens is 312 g/mol. The Labute approximate surface area is 140 Å². The summed E-state index contributed by atoms with van der Waals surface area (Å²) in [4.78, 5) is 15.2. The van der Waals surface area contributed by atoms with Crippen LogP contribution in [0.4, 0.5) is 0 Å². The van der Waals surface area contributed by atoms with Gasteiger partial charge in [0.1, 0.15) is 0 Å². The van der Waals surface area contributed by atoms with Crippen molar-refractivity contribution in [2.45, 2.75) is 47.2 Å². The molecular formula is C17H23N2OS2+. The van der Waals surface area contributed by atoms with Crippen LogP contribution in [0.1, 0.15) is 24.8 Å². The van der Waals surface area contributed by atoms with Crippen molar-refractivity contribution >= 4 is 29.4 Å². The van der Waals surface area contributed by atoms with E-state index in [0.29, 0.717) is 6.42 Å². The fourth-order valence-corrected chi connectivity index (χ4v) is 6.68. The maximum Gasteiger partial charge on any atom is 0.221 e. The lowest BCUT2D eigenvalue weighted by Gasteiger charge is -2.23. The molecule has 3 heterocycles. The minimum atomic E-state index is 0.225. The van der Waals surface area contributed by atoms with Crippen molar-refractivity contribution in [1.29, 1.82) is 0 Å². The first-order chi connectivity index (χ1) is 10.8. The largest absolute Gasteiger partial charge is 0.344 e. The van der Waals surface area contributed by atoms with Crippen LogP contribution in [0.15, 0.2) is 29.2 Å². The lowest BCUT2D eigenvalue weighted by molar-refractivity contribution is -0.910. The van der Waals surface area contributed by atoms with E-state index in [9.17, 15) is 4.79 Å². The third-order valence-electron chi connectivity index (χ3n) is 5.02. The number of nitrogens with one attached hydrogen (secondary N) is 2. The van der Waals surface area contributed by atoms with Gasteiger partial charge in [-0.15, -0.1) is 23.5 Å². The van der Waals surface area contributed by atoms with Crippen LogP contribution < -0.4 is 10.2 Å². The molecule has 0 saturated carbocycles. The van der Waals surface area contributed by atoms with Gasteiger partial charge in [0.05, 0.1) is 29.8 Å². The van der Waals surface area contributed by atoms with Crippen LogP contribution in [0.2, 0.25) is 0 Å². The highest BCUT2D eigenvalue weighted by Gasteiger charge is 2.41. The molecule has 4 rings (SSSR count). The van der Waals surface area contributed by atoms with E-state index in [-0.39, 0.29) is 11.3 Å². The number of fused-ring (bicyclic) bond motifs is 3. The van der Waals surface area contributed by atoms with E-state index in [1.54, 1.807) is 16.7 Å². The van der Waals surface area contributed by atoms with Gasteiger partial charge in [0.15, 0.2) is 0 Å². The number of carbonyl (C=O) groups is 1. The van der Waals surface area contributed by atoms with Crippen molar-refractivity contribution < 1.29 is 9.69 Å². The Morgan fingerprint density at radius 2 is 2.27 bits per heavy atom. The van der Waals surface area contributed by atoms with E-state index >= 15 is 0 Å². The number of carbonyl (C=O) groups excluding carboxylic acids is 1. The summed E-state index contributed by atoms with van der Waals surface area (Å²) in [5.41, 5.74) is 1.37. The summed E-state index contributed by atoms with van der Waals surface area (Å²) in [6.45, 7) is 2.50.